The molecule has 1 atom stereocenters. The third kappa shape index (κ3) is 3.86. The zero-order valence-corrected chi connectivity index (χ0v) is 15.4. The number of hydrogen-bond acceptors (Lipinski definition) is 5. The number of aromatic hydroxyl groups is 1. The average molecular weight is 380 g/mol. The lowest BCUT2D eigenvalue weighted by atomic mass is 10.0. The Morgan fingerprint density at radius 3 is 2.84 bits per heavy atom. The summed E-state index contributed by atoms with van der Waals surface area (Å²) in [6, 6.07) is 7.79. The lowest BCUT2D eigenvalue weighted by molar-refractivity contribution is 0.103. The molecule has 8 heteroatoms. The highest BCUT2D eigenvalue weighted by molar-refractivity contribution is 7.89. The van der Waals surface area contributed by atoms with Crippen molar-refractivity contribution in [3.8, 4) is 5.75 Å². The van der Waals surface area contributed by atoms with Gasteiger partial charge in [0.25, 0.3) is 5.91 Å². The van der Waals surface area contributed by atoms with E-state index in [4.69, 9.17) is 0 Å². The number of phenolic OH excluding ortho intramolecular Hbond substituents is 1. The van der Waals surface area contributed by atoms with Gasteiger partial charge in [0.1, 0.15) is 5.75 Å². The molecule has 0 aliphatic carbocycles. The number of phenols is 1. The van der Waals surface area contributed by atoms with Crippen LogP contribution in [0.3, 0.4) is 0 Å². The Bertz CT molecular complexity index is 876. The summed E-state index contributed by atoms with van der Waals surface area (Å²) >= 11 is 1.07. The molecule has 2 aromatic rings. The van der Waals surface area contributed by atoms with Crippen molar-refractivity contribution in [2.45, 2.75) is 24.7 Å². The van der Waals surface area contributed by atoms with E-state index in [-0.39, 0.29) is 21.2 Å². The highest BCUT2D eigenvalue weighted by Crippen LogP contribution is 2.28. The highest BCUT2D eigenvalue weighted by Gasteiger charge is 2.30. The first kappa shape index (κ1) is 17.9. The van der Waals surface area contributed by atoms with Crippen LogP contribution in [0.25, 0.3) is 0 Å². The van der Waals surface area contributed by atoms with Crippen LogP contribution in [-0.4, -0.2) is 36.8 Å². The van der Waals surface area contributed by atoms with E-state index in [1.54, 1.807) is 18.2 Å². The normalized spacial score (nSPS) is 18.8. The minimum absolute atomic E-state index is 0.0393. The summed E-state index contributed by atoms with van der Waals surface area (Å²) in [4.78, 5) is 12.7. The first-order valence-corrected chi connectivity index (χ1v) is 10.4. The number of nitrogens with zero attached hydrogens (tertiary/aromatic N) is 1. The van der Waals surface area contributed by atoms with Crippen molar-refractivity contribution in [1.29, 1.82) is 0 Å². The molecule has 0 saturated carbocycles. The van der Waals surface area contributed by atoms with Gasteiger partial charge >= 0.3 is 0 Å². The predicted octanol–water partition coefficient (Wildman–Crippen LogP) is 3.13. The van der Waals surface area contributed by atoms with Crippen molar-refractivity contribution in [1.82, 2.24) is 4.31 Å². The Morgan fingerprint density at radius 1 is 1.36 bits per heavy atom. The Kier molecular flexibility index (Phi) is 5.12. The van der Waals surface area contributed by atoms with E-state index < -0.39 is 15.9 Å². The van der Waals surface area contributed by atoms with Crippen LogP contribution in [-0.2, 0) is 10.0 Å². The molecule has 2 N–H and O–H groups in total. The van der Waals surface area contributed by atoms with Gasteiger partial charge in [-0.1, -0.05) is 19.1 Å². The van der Waals surface area contributed by atoms with Crippen molar-refractivity contribution < 1.29 is 18.3 Å². The van der Waals surface area contributed by atoms with E-state index in [2.05, 4.69) is 5.32 Å². The lowest BCUT2D eigenvalue weighted by Gasteiger charge is -2.29. The van der Waals surface area contributed by atoms with Crippen LogP contribution in [0.1, 0.15) is 29.4 Å². The number of carbonyl (C=O) groups excluding carboxylic acids is 1. The van der Waals surface area contributed by atoms with E-state index in [0.717, 1.165) is 24.2 Å². The van der Waals surface area contributed by atoms with Crippen molar-refractivity contribution >= 4 is 33.0 Å². The third-order valence-corrected chi connectivity index (χ3v) is 7.13. The van der Waals surface area contributed by atoms with Crippen LogP contribution in [0.15, 0.2) is 40.6 Å². The van der Waals surface area contributed by atoms with Gasteiger partial charge in [-0.25, -0.2) is 8.42 Å². The maximum absolute atomic E-state index is 12.7. The van der Waals surface area contributed by atoms with Gasteiger partial charge in [-0.2, -0.15) is 4.31 Å². The van der Waals surface area contributed by atoms with Gasteiger partial charge in [0.15, 0.2) is 0 Å². The molecule has 1 saturated heterocycles. The van der Waals surface area contributed by atoms with Crippen LogP contribution < -0.4 is 5.32 Å². The van der Waals surface area contributed by atoms with Gasteiger partial charge in [-0.3, -0.25) is 4.79 Å². The Balaban J connectivity index is 1.77. The quantitative estimate of drug-likeness (QED) is 0.798. The second kappa shape index (κ2) is 7.15. The molecule has 25 heavy (non-hydrogen) atoms. The molecule has 1 aliphatic rings. The first-order chi connectivity index (χ1) is 11.9. The molecule has 1 aromatic heterocycles. The lowest BCUT2D eigenvalue weighted by Crippen LogP contribution is -2.38. The number of thiophene rings is 1. The van der Waals surface area contributed by atoms with Crippen LogP contribution in [0.2, 0.25) is 0 Å². The third-order valence-electron chi connectivity index (χ3n) is 4.21. The Morgan fingerprint density at radius 2 is 2.12 bits per heavy atom. The molecular weight excluding hydrogens is 360 g/mol. The molecule has 1 amide bonds. The standard InChI is InChI=1S/C17H20N2O4S2/c1-12-5-4-8-19(10-12)25(22,23)13-9-16(24-11-13)17(21)18-14-6-2-3-7-15(14)20/h2-3,6-7,9,11-12,20H,4-5,8,10H2,1H3,(H,18,21)/t12-/m1/s1. The minimum atomic E-state index is -3.57. The highest BCUT2D eigenvalue weighted by atomic mass is 32.2. The molecule has 1 fully saturated rings. The van der Waals surface area contributed by atoms with Gasteiger partial charge in [0, 0.05) is 18.5 Å². The van der Waals surface area contributed by atoms with Gasteiger partial charge < -0.3 is 10.4 Å². The molecule has 134 valence electrons. The number of sulfonamides is 1. The summed E-state index contributed by atoms with van der Waals surface area (Å²) in [6.45, 7) is 3.07. The summed E-state index contributed by atoms with van der Waals surface area (Å²) in [5.41, 5.74) is 0.287. The number of piperidine rings is 1. The van der Waals surface area contributed by atoms with E-state index in [1.165, 1.54) is 21.8 Å². The van der Waals surface area contributed by atoms with E-state index in [9.17, 15) is 18.3 Å². The summed E-state index contributed by atoms with van der Waals surface area (Å²) in [5, 5.41) is 13.8. The van der Waals surface area contributed by atoms with Crippen molar-refractivity contribution in [2.24, 2.45) is 5.92 Å². The fourth-order valence-corrected chi connectivity index (χ4v) is 5.60. The zero-order chi connectivity index (χ0) is 18.0. The second-order valence-corrected chi connectivity index (χ2v) is 9.08. The number of carbonyl (C=O) groups is 1. The monoisotopic (exact) mass is 380 g/mol. The van der Waals surface area contributed by atoms with Gasteiger partial charge in [-0.05, 0) is 37.0 Å². The molecule has 0 spiro atoms. The van der Waals surface area contributed by atoms with Crippen LogP contribution in [0.5, 0.6) is 5.75 Å². The van der Waals surface area contributed by atoms with Crippen molar-refractivity contribution in [3.05, 3.63) is 40.6 Å². The number of rotatable bonds is 4. The molecule has 3 rings (SSSR count). The fraction of sp³-hybridized carbons (Fsp3) is 0.353. The zero-order valence-electron chi connectivity index (χ0n) is 13.8. The molecule has 1 aliphatic heterocycles. The number of para-hydroxylation sites is 2. The van der Waals surface area contributed by atoms with Crippen LogP contribution in [0, 0.1) is 5.92 Å². The fourth-order valence-electron chi connectivity index (χ4n) is 2.85. The van der Waals surface area contributed by atoms with Gasteiger partial charge in [0.2, 0.25) is 10.0 Å². The molecule has 6 nitrogen and oxygen atoms in total. The Hall–Kier alpha value is -1.90. The maximum Gasteiger partial charge on any atom is 0.265 e. The van der Waals surface area contributed by atoms with E-state index in [0.29, 0.717) is 19.0 Å². The second-order valence-electron chi connectivity index (χ2n) is 6.23. The predicted molar refractivity (Wildman–Crippen MR) is 97.5 cm³/mol. The van der Waals surface area contributed by atoms with Crippen molar-refractivity contribution in [2.75, 3.05) is 18.4 Å². The van der Waals surface area contributed by atoms with Crippen molar-refractivity contribution in [3.63, 3.8) is 0 Å². The molecule has 0 unspecified atom stereocenters. The largest absolute Gasteiger partial charge is 0.506 e. The molecule has 1 aromatic carbocycles. The van der Waals surface area contributed by atoms with E-state index >= 15 is 0 Å². The topological polar surface area (TPSA) is 86.7 Å². The SMILES string of the molecule is C[C@@H]1CCCN(S(=O)(=O)c2csc(C(=O)Nc3ccccc3O)c2)C1. The number of nitrogens with one attached hydrogen (secondary N) is 1. The van der Waals surface area contributed by atoms with Crippen LogP contribution in [0.4, 0.5) is 5.69 Å². The summed E-state index contributed by atoms with van der Waals surface area (Å²) in [6.07, 6.45) is 1.88. The van der Waals surface area contributed by atoms with Gasteiger partial charge in [-0.15, -0.1) is 11.3 Å². The van der Waals surface area contributed by atoms with Crippen LogP contribution >= 0.6 is 11.3 Å². The molecule has 2 heterocycles. The minimum Gasteiger partial charge on any atom is -0.506 e. The van der Waals surface area contributed by atoms with Gasteiger partial charge in [0.05, 0.1) is 15.5 Å². The number of benzene rings is 1. The summed E-state index contributed by atoms with van der Waals surface area (Å²) < 4.78 is 27.0. The maximum atomic E-state index is 12.7. The average Bonchev–Trinajstić information content (AvgIpc) is 3.08. The summed E-state index contributed by atoms with van der Waals surface area (Å²) in [5.74, 6) is -0.145. The molecule has 0 radical (unpaired) electrons. The number of hydrogen-bond donors (Lipinski definition) is 2. The summed E-state index contributed by atoms with van der Waals surface area (Å²) in [7, 11) is -3.57. The van der Waals surface area contributed by atoms with E-state index in [1.807, 2.05) is 6.92 Å². The number of anilines is 1. The number of amides is 1. The first-order valence-electron chi connectivity index (χ1n) is 8.06. The molecular formula is C17H20N2O4S2. The molecule has 0 bridgehead atoms. The smallest absolute Gasteiger partial charge is 0.265 e. The Labute approximate surface area is 151 Å².